The molecule has 8 nitrogen and oxygen atoms in total. The number of aromatic nitrogens is 7. The number of hydrogen-bond donors (Lipinski definition) is 0. The molecule has 0 fully saturated rings. The van der Waals surface area contributed by atoms with E-state index in [1.807, 2.05) is 0 Å². The summed E-state index contributed by atoms with van der Waals surface area (Å²) in [4.78, 5) is 17.5. The molecule has 1 aromatic carbocycles. The van der Waals surface area contributed by atoms with Gasteiger partial charge in [-0.1, -0.05) is 5.21 Å². The van der Waals surface area contributed by atoms with E-state index in [1.165, 1.54) is 41.4 Å². The van der Waals surface area contributed by atoms with Crippen LogP contribution in [0.15, 0.2) is 43.2 Å². The van der Waals surface area contributed by atoms with Crippen molar-refractivity contribution in [2.45, 2.75) is 25.3 Å². The second-order valence-corrected chi connectivity index (χ2v) is 7.01. The molecule has 3 heterocycles. The second kappa shape index (κ2) is 7.94. The first kappa shape index (κ1) is 22.4. The van der Waals surface area contributed by atoms with E-state index in [1.54, 1.807) is 6.92 Å². The summed E-state index contributed by atoms with van der Waals surface area (Å²) in [5, 5.41) is 7.16. The van der Waals surface area contributed by atoms with Crippen molar-refractivity contribution in [1.82, 2.24) is 34.9 Å². The summed E-state index contributed by atoms with van der Waals surface area (Å²) in [6.07, 6.45) is -3.43. The third-order valence-corrected chi connectivity index (χ3v) is 5.01. The van der Waals surface area contributed by atoms with Gasteiger partial charge in [0.25, 0.3) is 0 Å². The minimum atomic E-state index is -5.06. The minimum absolute atomic E-state index is 0.0496. The molecule has 0 saturated heterocycles. The molecule has 1 unspecified atom stereocenters. The van der Waals surface area contributed by atoms with Crippen LogP contribution in [0.3, 0.4) is 0 Å². The molecule has 4 rings (SSSR count). The molecule has 3 aromatic heterocycles. The Morgan fingerprint density at radius 1 is 0.909 bits per heavy atom. The molecule has 172 valence electrons. The van der Waals surface area contributed by atoms with Crippen molar-refractivity contribution in [3.8, 4) is 5.82 Å². The maximum Gasteiger partial charge on any atom is 0.418 e. The highest BCUT2D eigenvalue weighted by atomic mass is 19.4. The fourth-order valence-corrected chi connectivity index (χ4v) is 3.32. The Morgan fingerprint density at radius 3 is 2.27 bits per heavy atom. The van der Waals surface area contributed by atoms with Crippen LogP contribution in [-0.2, 0) is 12.4 Å². The van der Waals surface area contributed by atoms with Crippen LogP contribution in [0, 0.1) is 0 Å². The number of alkyl halides is 6. The monoisotopic (exact) mass is 468 g/mol. The van der Waals surface area contributed by atoms with Gasteiger partial charge in [0.2, 0.25) is 0 Å². The summed E-state index contributed by atoms with van der Waals surface area (Å²) in [5.74, 6) is 0.152. The van der Waals surface area contributed by atoms with Crippen molar-refractivity contribution in [3.63, 3.8) is 0 Å². The predicted molar refractivity (Wildman–Crippen MR) is 103 cm³/mol. The van der Waals surface area contributed by atoms with Crippen molar-refractivity contribution in [2.75, 3.05) is 11.9 Å². The number of anilines is 1. The molecule has 33 heavy (non-hydrogen) atoms. The quantitative estimate of drug-likeness (QED) is 0.414. The fraction of sp³-hybridized carbons (Fsp3) is 0.263. The lowest BCUT2D eigenvalue weighted by Gasteiger charge is -2.27. The summed E-state index contributed by atoms with van der Waals surface area (Å²) in [7, 11) is 1.47. The Kier molecular flexibility index (Phi) is 5.38. The SMILES string of the molecule is CC(c1nccnc1-n1ccnn1)N(C)c1ncnc2c(C(F)(F)F)cc(C(F)(F)F)cc12. The average molecular weight is 468 g/mol. The molecule has 0 aliphatic heterocycles. The van der Waals surface area contributed by atoms with E-state index < -0.39 is 40.4 Å². The first-order valence-corrected chi connectivity index (χ1v) is 9.32. The van der Waals surface area contributed by atoms with Crippen LogP contribution in [0.25, 0.3) is 16.7 Å². The highest BCUT2D eigenvalue weighted by Gasteiger charge is 2.39. The van der Waals surface area contributed by atoms with Crippen LogP contribution >= 0.6 is 0 Å². The summed E-state index contributed by atoms with van der Waals surface area (Å²) >= 11 is 0. The summed E-state index contributed by atoms with van der Waals surface area (Å²) < 4.78 is 82.3. The standard InChI is InChI=1S/C19H14F6N8/c1-10(14-17(27-4-3-26-14)33-6-5-30-31-33)32(2)16-12-7-11(18(20,21)22)8-13(19(23,24)25)15(12)28-9-29-16/h3-10H,1-2H3. The number of halogens is 6. The lowest BCUT2D eigenvalue weighted by Crippen LogP contribution is -2.26. The molecule has 1 atom stereocenters. The van der Waals surface area contributed by atoms with Crippen LogP contribution in [0.4, 0.5) is 32.2 Å². The third-order valence-electron chi connectivity index (χ3n) is 5.01. The zero-order chi connectivity index (χ0) is 24.0. The van der Waals surface area contributed by atoms with E-state index in [-0.39, 0.29) is 11.9 Å². The zero-order valence-corrected chi connectivity index (χ0v) is 17.0. The number of hydrogen-bond acceptors (Lipinski definition) is 7. The molecule has 0 aliphatic carbocycles. The van der Waals surface area contributed by atoms with E-state index in [9.17, 15) is 26.3 Å². The molecule has 14 heteroatoms. The molecular weight excluding hydrogens is 454 g/mol. The molecule has 0 spiro atoms. The number of nitrogens with zero attached hydrogens (tertiary/aromatic N) is 8. The van der Waals surface area contributed by atoms with Gasteiger partial charge < -0.3 is 4.90 Å². The molecule has 0 radical (unpaired) electrons. The Morgan fingerprint density at radius 2 is 1.64 bits per heavy atom. The highest BCUT2D eigenvalue weighted by molar-refractivity contribution is 5.92. The van der Waals surface area contributed by atoms with Crippen molar-refractivity contribution < 1.29 is 26.3 Å². The van der Waals surface area contributed by atoms with Crippen LogP contribution in [0.1, 0.15) is 29.8 Å². The van der Waals surface area contributed by atoms with Crippen LogP contribution < -0.4 is 4.90 Å². The Balaban J connectivity index is 1.89. The second-order valence-electron chi connectivity index (χ2n) is 7.01. The van der Waals surface area contributed by atoms with E-state index in [0.717, 1.165) is 6.33 Å². The topological polar surface area (TPSA) is 85.5 Å². The summed E-state index contributed by atoms with van der Waals surface area (Å²) in [6, 6.07) is -0.0218. The summed E-state index contributed by atoms with van der Waals surface area (Å²) in [6.45, 7) is 1.65. The first-order chi connectivity index (χ1) is 15.5. The normalized spacial score (nSPS) is 13.3. The highest BCUT2D eigenvalue weighted by Crippen LogP contribution is 2.41. The number of benzene rings is 1. The average Bonchev–Trinajstić information content (AvgIpc) is 3.30. The van der Waals surface area contributed by atoms with E-state index in [4.69, 9.17) is 0 Å². The Bertz CT molecular complexity index is 1290. The molecule has 0 aliphatic rings. The molecule has 4 aromatic rings. The Labute approximate surface area is 181 Å². The molecule has 0 bridgehead atoms. The van der Waals surface area contributed by atoms with E-state index in [0.29, 0.717) is 17.6 Å². The summed E-state index contributed by atoms with van der Waals surface area (Å²) in [5.41, 5.74) is -3.25. The van der Waals surface area contributed by atoms with Gasteiger partial charge in [-0.25, -0.2) is 19.6 Å². The van der Waals surface area contributed by atoms with Crippen molar-refractivity contribution in [2.24, 2.45) is 0 Å². The number of fused-ring (bicyclic) bond motifs is 1. The number of rotatable bonds is 4. The Hall–Kier alpha value is -3.84. The third kappa shape index (κ3) is 4.15. The zero-order valence-electron chi connectivity index (χ0n) is 17.0. The van der Waals surface area contributed by atoms with Gasteiger partial charge in [0, 0.05) is 24.8 Å². The van der Waals surface area contributed by atoms with Gasteiger partial charge in [-0.2, -0.15) is 26.3 Å². The van der Waals surface area contributed by atoms with Gasteiger partial charge >= 0.3 is 12.4 Å². The van der Waals surface area contributed by atoms with E-state index >= 15 is 0 Å². The van der Waals surface area contributed by atoms with Gasteiger partial charge in [0.1, 0.15) is 17.8 Å². The van der Waals surface area contributed by atoms with E-state index in [2.05, 4.69) is 30.2 Å². The lowest BCUT2D eigenvalue weighted by molar-refractivity contribution is -0.142. The van der Waals surface area contributed by atoms with Gasteiger partial charge in [-0.15, -0.1) is 5.10 Å². The molecular formula is C19H14F6N8. The fourth-order valence-electron chi connectivity index (χ4n) is 3.32. The largest absolute Gasteiger partial charge is 0.418 e. The lowest BCUT2D eigenvalue weighted by atomic mass is 10.0. The van der Waals surface area contributed by atoms with Gasteiger partial charge in [-0.3, -0.25) is 4.98 Å². The van der Waals surface area contributed by atoms with Gasteiger partial charge in [-0.05, 0) is 19.1 Å². The molecule has 0 saturated carbocycles. The van der Waals surface area contributed by atoms with Crippen LogP contribution in [0.5, 0.6) is 0 Å². The predicted octanol–water partition coefficient (Wildman–Crippen LogP) is 4.24. The first-order valence-electron chi connectivity index (χ1n) is 9.32. The molecule has 0 N–H and O–H groups in total. The van der Waals surface area contributed by atoms with Crippen molar-refractivity contribution >= 4 is 16.7 Å². The van der Waals surface area contributed by atoms with Gasteiger partial charge in [0.15, 0.2) is 5.82 Å². The maximum atomic E-state index is 13.6. The minimum Gasteiger partial charge on any atom is -0.351 e. The van der Waals surface area contributed by atoms with Crippen LogP contribution in [0.2, 0.25) is 0 Å². The van der Waals surface area contributed by atoms with Gasteiger partial charge in [0.05, 0.1) is 35.1 Å². The molecule has 0 amide bonds. The van der Waals surface area contributed by atoms with Crippen molar-refractivity contribution in [1.29, 1.82) is 0 Å². The van der Waals surface area contributed by atoms with Crippen molar-refractivity contribution in [3.05, 3.63) is 60.1 Å². The maximum absolute atomic E-state index is 13.6. The van der Waals surface area contributed by atoms with Crippen LogP contribution in [-0.4, -0.2) is 42.0 Å². The smallest absolute Gasteiger partial charge is 0.351 e.